The number of nitrogens with one attached hydrogen (secondary N) is 2. The molecule has 0 radical (unpaired) electrons. The fraction of sp³-hybridized carbons (Fsp3) is 0.500. The van der Waals surface area contributed by atoms with Crippen molar-refractivity contribution in [1.82, 2.24) is 20.3 Å². The molecule has 30 heavy (non-hydrogen) atoms. The van der Waals surface area contributed by atoms with Crippen molar-refractivity contribution in [2.45, 2.75) is 38.8 Å². The summed E-state index contributed by atoms with van der Waals surface area (Å²) in [5, 5.41) is 3.30. The van der Waals surface area contributed by atoms with Crippen LogP contribution in [0.5, 0.6) is 0 Å². The predicted molar refractivity (Wildman–Crippen MR) is 112 cm³/mol. The Hall–Kier alpha value is -2.65. The second-order valence-electron chi connectivity index (χ2n) is 7.14. The highest BCUT2D eigenvalue weighted by atomic mass is 35.5. The summed E-state index contributed by atoms with van der Waals surface area (Å²) in [4.78, 5) is 38.2. The molecule has 162 valence electrons. The largest absolute Gasteiger partial charge is 0.465 e. The lowest BCUT2D eigenvalue weighted by Crippen LogP contribution is -2.55. The lowest BCUT2D eigenvalue weighted by Gasteiger charge is -2.38. The summed E-state index contributed by atoms with van der Waals surface area (Å²) in [6, 6.07) is 3.20. The zero-order valence-electron chi connectivity index (χ0n) is 17.5. The zero-order valence-corrected chi connectivity index (χ0v) is 18.2. The van der Waals surface area contributed by atoms with Crippen LogP contribution in [0.3, 0.4) is 0 Å². The summed E-state index contributed by atoms with van der Waals surface area (Å²) in [6.07, 6.45) is 1.04. The highest BCUT2D eigenvalue weighted by Gasteiger charge is 2.32. The molecule has 10 heteroatoms. The van der Waals surface area contributed by atoms with E-state index in [1.807, 2.05) is 18.7 Å². The number of carbonyl (C=O) groups is 2. The molecule has 0 aliphatic carbocycles. The van der Waals surface area contributed by atoms with E-state index in [-0.39, 0.29) is 23.9 Å². The van der Waals surface area contributed by atoms with Gasteiger partial charge in [-0.2, -0.15) is 0 Å². The van der Waals surface area contributed by atoms with E-state index < -0.39 is 5.97 Å². The normalized spacial score (nSPS) is 18.9. The Morgan fingerprint density at radius 2 is 2.10 bits per heavy atom. The molecule has 0 spiro atoms. The number of anilines is 1. The van der Waals surface area contributed by atoms with Crippen molar-refractivity contribution in [3.63, 3.8) is 0 Å². The number of amides is 1. The summed E-state index contributed by atoms with van der Waals surface area (Å²) in [6.45, 7) is 4.91. The molecule has 0 aromatic carbocycles. The number of hydrogen-bond donors (Lipinski definition) is 2. The molecule has 3 heterocycles. The van der Waals surface area contributed by atoms with Gasteiger partial charge in [0.2, 0.25) is 0 Å². The van der Waals surface area contributed by atoms with Gasteiger partial charge in [0.05, 0.1) is 30.5 Å². The number of aromatic nitrogens is 3. The molecule has 0 saturated carbocycles. The van der Waals surface area contributed by atoms with Gasteiger partial charge in [0.1, 0.15) is 5.82 Å². The van der Waals surface area contributed by atoms with E-state index in [1.54, 1.807) is 19.2 Å². The smallest absolute Gasteiger partial charge is 0.338 e. The fourth-order valence-electron chi connectivity index (χ4n) is 3.54. The molecule has 1 saturated heterocycles. The van der Waals surface area contributed by atoms with Gasteiger partial charge in [-0.1, -0.05) is 18.5 Å². The number of aromatic amines is 1. The number of imidazole rings is 1. The monoisotopic (exact) mass is 435 g/mol. The minimum atomic E-state index is -0.407. The Bertz CT molecular complexity index is 932. The van der Waals surface area contributed by atoms with Crippen LogP contribution in [0.25, 0.3) is 0 Å². The number of hydrogen-bond acceptors (Lipinski definition) is 7. The number of H-pyrrole nitrogens is 1. The first-order valence-corrected chi connectivity index (χ1v) is 10.1. The maximum absolute atomic E-state index is 12.6. The number of nitrogens with zero attached hydrogens (tertiary/aromatic N) is 3. The molecule has 0 bridgehead atoms. The third kappa shape index (κ3) is 4.73. The van der Waals surface area contributed by atoms with Crippen LogP contribution in [0.2, 0.25) is 5.15 Å². The first-order chi connectivity index (χ1) is 14.4. The lowest BCUT2D eigenvalue weighted by molar-refractivity contribution is 0.0536. The van der Waals surface area contributed by atoms with E-state index in [0.717, 1.165) is 11.4 Å². The molecule has 2 unspecified atom stereocenters. The average molecular weight is 436 g/mol. The number of rotatable bonds is 6. The van der Waals surface area contributed by atoms with E-state index in [9.17, 15) is 9.59 Å². The van der Waals surface area contributed by atoms with Crippen LogP contribution in [-0.2, 0) is 15.9 Å². The molecular weight excluding hydrogens is 410 g/mol. The molecule has 2 aromatic rings. The topological polar surface area (TPSA) is 109 Å². The van der Waals surface area contributed by atoms with Crippen molar-refractivity contribution in [2.75, 3.05) is 32.2 Å². The van der Waals surface area contributed by atoms with Gasteiger partial charge in [-0.05, 0) is 31.9 Å². The third-order valence-electron chi connectivity index (χ3n) is 5.16. The maximum atomic E-state index is 12.6. The van der Waals surface area contributed by atoms with Gasteiger partial charge < -0.3 is 24.7 Å². The Balaban J connectivity index is 1.71. The first-order valence-electron chi connectivity index (χ1n) is 9.76. The molecular formula is C20H26ClN5O4. The Morgan fingerprint density at radius 3 is 2.73 bits per heavy atom. The van der Waals surface area contributed by atoms with Crippen molar-refractivity contribution >= 4 is 29.3 Å². The van der Waals surface area contributed by atoms with Crippen LogP contribution in [0.4, 0.5) is 5.82 Å². The summed E-state index contributed by atoms with van der Waals surface area (Å²) >= 11 is 6.04. The van der Waals surface area contributed by atoms with Gasteiger partial charge in [-0.3, -0.25) is 4.79 Å². The lowest BCUT2D eigenvalue weighted by atomic mass is 10.0. The molecule has 1 aliphatic heterocycles. The van der Waals surface area contributed by atoms with Crippen molar-refractivity contribution in [3.8, 4) is 0 Å². The van der Waals surface area contributed by atoms with Crippen LogP contribution in [0.15, 0.2) is 12.1 Å². The van der Waals surface area contributed by atoms with Crippen LogP contribution in [0, 0.1) is 6.92 Å². The maximum Gasteiger partial charge on any atom is 0.338 e. The number of aryl methyl sites for hydroxylation is 2. The number of halogens is 1. The van der Waals surface area contributed by atoms with Crippen LogP contribution in [0.1, 0.15) is 45.7 Å². The fourth-order valence-corrected chi connectivity index (χ4v) is 3.81. The summed E-state index contributed by atoms with van der Waals surface area (Å²) < 4.78 is 10.5. The first kappa shape index (κ1) is 22.0. The van der Waals surface area contributed by atoms with E-state index in [4.69, 9.17) is 21.1 Å². The molecule has 2 N–H and O–H groups in total. The highest BCUT2D eigenvalue weighted by Crippen LogP contribution is 2.22. The summed E-state index contributed by atoms with van der Waals surface area (Å²) in [7, 11) is 2.96. The Kier molecular flexibility index (Phi) is 6.94. The standard InChI is InChI=1S/C20H26ClN5O4/c1-5-13-17(21)25-18(23-13)19(27)24-14-6-7-26(10-15(14)29-3)16-9-12(20(28)30-4)8-11(2)22-16/h8-9,14-15H,5-7,10H2,1-4H3,(H,23,25)(H,24,27). The zero-order chi connectivity index (χ0) is 21.8. The molecule has 3 rings (SSSR count). The van der Waals surface area contributed by atoms with Crippen molar-refractivity contribution in [3.05, 3.63) is 40.1 Å². The predicted octanol–water partition coefficient (Wildman–Crippen LogP) is 2.14. The number of pyridine rings is 1. The van der Waals surface area contributed by atoms with Gasteiger partial charge in [0.25, 0.3) is 5.91 Å². The van der Waals surface area contributed by atoms with Gasteiger partial charge in [-0.15, -0.1) is 0 Å². The molecule has 1 fully saturated rings. The molecule has 2 aromatic heterocycles. The number of ether oxygens (including phenoxy) is 2. The number of methoxy groups -OCH3 is 2. The summed E-state index contributed by atoms with van der Waals surface area (Å²) in [5.41, 5.74) is 1.90. The Labute approximate surface area is 180 Å². The second kappa shape index (κ2) is 9.44. The van der Waals surface area contributed by atoms with Crippen molar-refractivity contribution in [2.24, 2.45) is 0 Å². The Morgan fingerprint density at radius 1 is 1.33 bits per heavy atom. The van der Waals surface area contributed by atoms with Gasteiger partial charge >= 0.3 is 5.97 Å². The van der Waals surface area contributed by atoms with E-state index in [1.165, 1.54) is 7.11 Å². The second-order valence-corrected chi connectivity index (χ2v) is 7.50. The molecule has 1 amide bonds. The van der Waals surface area contributed by atoms with Crippen LogP contribution < -0.4 is 10.2 Å². The quantitative estimate of drug-likeness (QED) is 0.669. The molecule has 1 aliphatic rings. The van der Waals surface area contributed by atoms with E-state index in [0.29, 0.717) is 42.5 Å². The van der Waals surface area contributed by atoms with E-state index >= 15 is 0 Å². The SMILES string of the molecule is CCc1[nH]c(C(=O)NC2CCN(c3cc(C(=O)OC)cc(C)n3)CC2OC)nc1Cl. The molecule has 2 atom stereocenters. The number of carbonyl (C=O) groups excluding carboxylic acids is 2. The minimum Gasteiger partial charge on any atom is -0.465 e. The van der Waals surface area contributed by atoms with Crippen molar-refractivity contribution < 1.29 is 19.1 Å². The molecule has 9 nitrogen and oxygen atoms in total. The highest BCUT2D eigenvalue weighted by molar-refractivity contribution is 6.30. The van der Waals surface area contributed by atoms with E-state index in [2.05, 4.69) is 20.3 Å². The number of esters is 1. The van der Waals surface area contributed by atoms with Gasteiger partial charge in [0, 0.05) is 25.9 Å². The minimum absolute atomic E-state index is 0.192. The van der Waals surface area contributed by atoms with Gasteiger partial charge in [-0.25, -0.2) is 14.8 Å². The van der Waals surface area contributed by atoms with Crippen LogP contribution in [-0.4, -0.2) is 66.3 Å². The third-order valence-corrected chi connectivity index (χ3v) is 5.47. The van der Waals surface area contributed by atoms with Gasteiger partial charge in [0.15, 0.2) is 11.0 Å². The summed E-state index contributed by atoms with van der Waals surface area (Å²) in [5.74, 6) is 0.138. The average Bonchev–Trinajstić information content (AvgIpc) is 3.13. The number of piperidine rings is 1. The van der Waals surface area contributed by atoms with Crippen molar-refractivity contribution in [1.29, 1.82) is 0 Å². The van der Waals surface area contributed by atoms with Crippen LogP contribution >= 0.6 is 11.6 Å².